The first-order valence-corrected chi connectivity index (χ1v) is 9.12. The van der Waals surface area contributed by atoms with Crippen molar-refractivity contribution < 1.29 is 5.11 Å². The zero-order valence-electron chi connectivity index (χ0n) is 13.9. The van der Waals surface area contributed by atoms with Gasteiger partial charge in [0.2, 0.25) is 0 Å². The van der Waals surface area contributed by atoms with Gasteiger partial charge >= 0.3 is 0 Å². The maximum absolute atomic E-state index is 9.40. The summed E-state index contributed by atoms with van der Waals surface area (Å²) in [6, 6.07) is 19.0. The van der Waals surface area contributed by atoms with E-state index in [4.69, 9.17) is 0 Å². The third kappa shape index (κ3) is 4.49. The molecule has 2 aromatic carbocycles. The predicted molar refractivity (Wildman–Crippen MR) is 99.3 cm³/mol. The first-order chi connectivity index (χ1) is 11.7. The van der Waals surface area contributed by atoms with Crippen LogP contribution < -0.4 is 0 Å². The predicted octanol–water partition coefficient (Wildman–Crippen LogP) is 4.07. The molecule has 4 heteroatoms. The van der Waals surface area contributed by atoms with Crippen LogP contribution in [0.15, 0.2) is 66.0 Å². The largest absolute Gasteiger partial charge is 0.390 e. The Morgan fingerprint density at radius 1 is 1.00 bits per heavy atom. The van der Waals surface area contributed by atoms with Crippen molar-refractivity contribution in [1.29, 1.82) is 0 Å². The first-order valence-electron chi connectivity index (χ1n) is 8.14. The number of imidazole rings is 1. The van der Waals surface area contributed by atoms with E-state index in [1.807, 2.05) is 12.3 Å². The van der Waals surface area contributed by atoms with Gasteiger partial charge < -0.3 is 9.67 Å². The number of aliphatic hydroxyl groups is 1. The summed E-state index contributed by atoms with van der Waals surface area (Å²) < 4.78 is 2.13. The van der Waals surface area contributed by atoms with Gasteiger partial charge in [-0.05, 0) is 24.5 Å². The minimum Gasteiger partial charge on any atom is -0.390 e. The average Bonchev–Trinajstić information content (AvgIpc) is 3.00. The molecular formula is C20H22N2OS. The molecule has 0 fully saturated rings. The van der Waals surface area contributed by atoms with Gasteiger partial charge in [-0.25, -0.2) is 4.98 Å². The van der Waals surface area contributed by atoms with Crippen molar-refractivity contribution in [3.05, 3.63) is 83.2 Å². The molecule has 0 aliphatic heterocycles. The molecule has 0 saturated heterocycles. The molecule has 0 amide bonds. The van der Waals surface area contributed by atoms with E-state index in [2.05, 4.69) is 65.0 Å². The van der Waals surface area contributed by atoms with Gasteiger partial charge in [-0.1, -0.05) is 71.9 Å². The topological polar surface area (TPSA) is 38.0 Å². The zero-order chi connectivity index (χ0) is 16.8. The average molecular weight is 338 g/mol. The van der Waals surface area contributed by atoms with E-state index < -0.39 is 0 Å². The Bertz CT molecular complexity index is 766. The molecule has 1 N–H and O–H groups in total. The van der Waals surface area contributed by atoms with Crippen LogP contribution in [0.1, 0.15) is 22.4 Å². The van der Waals surface area contributed by atoms with Crippen molar-refractivity contribution in [2.24, 2.45) is 0 Å². The van der Waals surface area contributed by atoms with Crippen LogP contribution in [0.3, 0.4) is 0 Å². The van der Waals surface area contributed by atoms with Crippen LogP contribution in [0.2, 0.25) is 0 Å². The van der Waals surface area contributed by atoms with Gasteiger partial charge in [-0.2, -0.15) is 0 Å². The van der Waals surface area contributed by atoms with Crippen molar-refractivity contribution in [2.45, 2.75) is 31.7 Å². The van der Waals surface area contributed by atoms with Crippen LogP contribution in [-0.4, -0.2) is 20.4 Å². The lowest BCUT2D eigenvalue weighted by molar-refractivity contribution is 0.277. The summed E-state index contributed by atoms with van der Waals surface area (Å²) in [6.07, 6.45) is 2.96. The van der Waals surface area contributed by atoms with Gasteiger partial charge in [0.05, 0.1) is 12.3 Å². The highest BCUT2D eigenvalue weighted by molar-refractivity contribution is 7.99. The number of rotatable bonds is 7. The second-order valence-corrected chi connectivity index (χ2v) is 6.93. The fourth-order valence-corrected chi connectivity index (χ4v) is 3.54. The molecule has 0 unspecified atom stereocenters. The van der Waals surface area contributed by atoms with Crippen LogP contribution in [-0.2, 0) is 19.6 Å². The highest BCUT2D eigenvalue weighted by Crippen LogP contribution is 2.21. The summed E-state index contributed by atoms with van der Waals surface area (Å²) in [5, 5.41) is 10.4. The van der Waals surface area contributed by atoms with E-state index in [0.717, 1.165) is 29.6 Å². The Kier molecular flexibility index (Phi) is 5.72. The normalized spacial score (nSPS) is 10.9. The molecule has 3 aromatic rings. The van der Waals surface area contributed by atoms with E-state index in [0.29, 0.717) is 0 Å². The van der Waals surface area contributed by atoms with Crippen molar-refractivity contribution in [2.75, 3.05) is 5.75 Å². The van der Waals surface area contributed by atoms with E-state index in [-0.39, 0.29) is 6.61 Å². The molecule has 3 nitrogen and oxygen atoms in total. The molecule has 1 aromatic heterocycles. The van der Waals surface area contributed by atoms with Crippen molar-refractivity contribution in [3.63, 3.8) is 0 Å². The second-order valence-electron chi connectivity index (χ2n) is 5.87. The van der Waals surface area contributed by atoms with Crippen LogP contribution in [0.4, 0.5) is 0 Å². The number of aryl methyl sites for hydroxylation is 2. The zero-order valence-corrected chi connectivity index (χ0v) is 14.7. The smallest absolute Gasteiger partial charge is 0.168 e. The molecule has 1 heterocycles. The maximum atomic E-state index is 9.40. The van der Waals surface area contributed by atoms with Gasteiger partial charge in [0, 0.05) is 18.5 Å². The monoisotopic (exact) mass is 338 g/mol. The summed E-state index contributed by atoms with van der Waals surface area (Å²) in [7, 11) is 0. The fraction of sp³-hybridized carbons (Fsp3) is 0.250. The third-order valence-electron chi connectivity index (χ3n) is 3.89. The molecule has 0 aliphatic carbocycles. The Morgan fingerprint density at radius 3 is 2.46 bits per heavy atom. The molecule has 24 heavy (non-hydrogen) atoms. The van der Waals surface area contributed by atoms with E-state index in [9.17, 15) is 5.11 Å². The molecule has 0 atom stereocenters. The molecule has 0 aliphatic rings. The summed E-state index contributed by atoms with van der Waals surface area (Å²) in [5.41, 5.74) is 4.57. The van der Waals surface area contributed by atoms with Crippen molar-refractivity contribution in [3.8, 4) is 0 Å². The summed E-state index contributed by atoms with van der Waals surface area (Å²) in [4.78, 5) is 4.55. The van der Waals surface area contributed by atoms with Gasteiger partial charge in [0.15, 0.2) is 5.16 Å². The fourth-order valence-electron chi connectivity index (χ4n) is 2.55. The molecule has 0 bridgehead atoms. The maximum Gasteiger partial charge on any atom is 0.168 e. The highest BCUT2D eigenvalue weighted by atomic mass is 32.2. The lowest BCUT2D eigenvalue weighted by atomic mass is 10.1. The number of benzene rings is 2. The summed E-state index contributed by atoms with van der Waals surface area (Å²) >= 11 is 1.74. The van der Waals surface area contributed by atoms with E-state index in [1.54, 1.807) is 11.8 Å². The molecule has 0 radical (unpaired) electrons. The van der Waals surface area contributed by atoms with Gasteiger partial charge in [0.1, 0.15) is 0 Å². The number of hydrogen-bond donors (Lipinski definition) is 1. The number of nitrogens with zero attached hydrogens (tertiary/aromatic N) is 2. The van der Waals surface area contributed by atoms with Crippen molar-refractivity contribution >= 4 is 11.8 Å². The second kappa shape index (κ2) is 8.18. The number of hydrogen-bond acceptors (Lipinski definition) is 3. The minimum absolute atomic E-state index is 0.0207. The molecule has 0 saturated carbocycles. The molecule has 3 rings (SSSR count). The quantitative estimate of drug-likeness (QED) is 0.660. The lowest BCUT2D eigenvalue weighted by Crippen LogP contribution is -2.01. The molecule has 124 valence electrons. The van der Waals surface area contributed by atoms with E-state index in [1.165, 1.54) is 16.7 Å². The Morgan fingerprint density at radius 2 is 1.75 bits per heavy atom. The lowest BCUT2D eigenvalue weighted by Gasteiger charge is -2.08. The minimum atomic E-state index is -0.0207. The molecular weight excluding hydrogens is 316 g/mol. The molecule has 0 spiro atoms. The van der Waals surface area contributed by atoms with Crippen LogP contribution in [0.25, 0.3) is 0 Å². The first kappa shape index (κ1) is 16.8. The number of aliphatic hydroxyl groups excluding tert-OH is 1. The van der Waals surface area contributed by atoms with Crippen molar-refractivity contribution in [1.82, 2.24) is 9.55 Å². The Labute approximate surface area is 147 Å². The summed E-state index contributed by atoms with van der Waals surface area (Å²) in [5.74, 6) is 0.972. The van der Waals surface area contributed by atoms with Crippen LogP contribution in [0.5, 0.6) is 0 Å². The third-order valence-corrected chi connectivity index (χ3v) is 4.88. The SMILES string of the molecule is Cc1ccc(Cn2cc(CO)nc2SCCc2ccccc2)cc1. The Hall–Kier alpha value is -2.04. The van der Waals surface area contributed by atoms with Gasteiger partial charge in [-0.15, -0.1) is 0 Å². The van der Waals surface area contributed by atoms with Gasteiger partial charge in [0.25, 0.3) is 0 Å². The van der Waals surface area contributed by atoms with Crippen LogP contribution >= 0.6 is 11.8 Å². The summed E-state index contributed by atoms with van der Waals surface area (Å²) in [6.45, 7) is 2.85. The highest BCUT2D eigenvalue weighted by Gasteiger charge is 2.09. The van der Waals surface area contributed by atoms with Crippen LogP contribution in [0, 0.1) is 6.92 Å². The standard InChI is InChI=1S/C20H22N2OS/c1-16-7-9-18(10-8-16)13-22-14-19(15-23)21-20(22)24-12-11-17-5-3-2-4-6-17/h2-10,14,23H,11-13,15H2,1H3. The Balaban J connectivity index is 1.67. The van der Waals surface area contributed by atoms with E-state index >= 15 is 0 Å². The number of thioether (sulfide) groups is 1. The van der Waals surface area contributed by atoms with Gasteiger partial charge in [-0.3, -0.25) is 0 Å². The number of aromatic nitrogens is 2.